The Kier molecular flexibility index (Phi) is 14.3. The molecule has 0 spiro atoms. The van der Waals surface area contributed by atoms with Crippen molar-refractivity contribution < 1.29 is 14.4 Å². The maximum atomic E-state index is 12.8. The molecule has 1 unspecified atom stereocenters. The fourth-order valence-corrected chi connectivity index (χ4v) is 6.43. The summed E-state index contributed by atoms with van der Waals surface area (Å²) in [7, 11) is 0. The van der Waals surface area contributed by atoms with Gasteiger partial charge >= 0.3 is 0 Å². The van der Waals surface area contributed by atoms with Crippen molar-refractivity contribution >= 4 is 52.1 Å². The summed E-state index contributed by atoms with van der Waals surface area (Å²) in [5.74, 6) is 1.64. The second-order valence-electron chi connectivity index (χ2n) is 9.43. The van der Waals surface area contributed by atoms with Crippen LogP contribution in [-0.2, 0) is 14.4 Å². The van der Waals surface area contributed by atoms with Gasteiger partial charge in [-0.2, -0.15) is 0 Å². The third-order valence-corrected chi connectivity index (χ3v) is 8.85. The molecule has 0 aromatic heterocycles. The van der Waals surface area contributed by atoms with Crippen molar-refractivity contribution in [3.63, 3.8) is 0 Å². The van der Waals surface area contributed by atoms with Crippen molar-refractivity contribution in [1.82, 2.24) is 10.2 Å². The van der Waals surface area contributed by atoms with E-state index >= 15 is 0 Å². The summed E-state index contributed by atoms with van der Waals surface area (Å²) in [5.41, 5.74) is 0. The number of nitrogens with zero attached hydrogens (tertiary/aromatic N) is 1. The number of alkyl halides is 1. The maximum absolute atomic E-state index is 12.8. The molecule has 5 nitrogen and oxygen atoms in total. The summed E-state index contributed by atoms with van der Waals surface area (Å²) in [5, 5.41) is 2.94. The maximum Gasteiger partial charge on any atom is 0.242 e. The molecule has 0 bridgehead atoms. The van der Waals surface area contributed by atoms with E-state index < -0.39 is 0 Å². The highest BCUT2D eigenvalue weighted by Crippen LogP contribution is 2.32. The Labute approximate surface area is 213 Å². The smallest absolute Gasteiger partial charge is 0.242 e. The van der Waals surface area contributed by atoms with Crippen LogP contribution in [0.2, 0.25) is 0 Å². The summed E-state index contributed by atoms with van der Waals surface area (Å²) in [6.45, 7) is 3.55. The number of imide groups is 1. The van der Waals surface area contributed by atoms with Crippen LogP contribution in [0.5, 0.6) is 0 Å². The molecule has 0 aromatic rings. The molecule has 1 atom stereocenters. The highest BCUT2D eigenvalue weighted by molar-refractivity contribution is 14.1. The molecule has 1 heterocycles. The minimum Gasteiger partial charge on any atom is -0.356 e. The van der Waals surface area contributed by atoms with Gasteiger partial charge in [0.1, 0.15) is 0 Å². The van der Waals surface area contributed by atoms with E-state index in [9.17, 15) is 14.4 Å². The first kappa shape index (κ1) is 27.9. The highest BCUT2D eigenvalue weighted by atomic mass is 127. The lowest BCUT2D eigenvalue weighted by Crippen LogP contribution is -2.39. The topological polar surface area (TPSA) is 66.5 Å². The molecule has 32 heavy (non-hydrogen) atoms. The number of likely N-dealkylation sites (tertiary alicyclic amines) is 1. The molecule has 2 rings (SSSR count). The van der Waals surface area contributed by atoms with Gasteiger partial charge in [0.05, 0.1) is 5.25 Å². The number of unbranched alkanes of at least 4 members (excludes halogenated alkanes) is 7. The molecule has 3 amide bonds. The van der Waals surface area contributed by atoms with Gasteiger partial charge in [-0.25, -0.2) is 0 Å². The normalized spacial score (nSPS) is 23.7. The van der Waals surface area contributed by atoms with Crippen molar-refractivity contribution in [2.24, 2.45) is 11.8 Å². The number of nitrogens with one attached hydrogen (secondary N) is 1. The predicted octanol–water partition coefficient (Wildman–Crippen LogP) is 5.74. The number of rotatable bonds is 16. The Morgan fingerprint density at radius 3 is 2.41 bits per heavy atom. The van der Waals surface area contributed by atoms with Crippen LogP contribution in [0.15, 0.2) is 0 Å². The number of carbonyl (C=O) groups is 3. The summed E-state index contributed by atoms with van der Waals surface area (Å²) in [4.78, 5) is 39.2. The summed E-state index contributed by atoms with van der Waals surface area (Å²) in [6.07, 6.45) is 14.9. The lowest BCUT2D eigenvalue weighted by atomic mass is 9.81. The quantitative estimate of drug-likeness (QED) is 0.110. The van der Waals surface area contributed by atoms with Crippen molar-refractivity contribution in [2.45, 2.75) is 102 Å². The van der Waals surface area contributed by atoms with E-state index in [1.165, 1.54) is 54.3 Å². The standard InChI is InChI=1S/C25H43IN2O3S/c1-2-3-4-7-10-17-32-22-18-23(29)28(25(22)31)19-20-11-13-21(14-12-20)24(30)27-16-9-6-5-8-15-26/h20-22H,2-19H2,1H3,(H,27,30). The van der Waals surface area contributed by atoms with Gasteiger partial charge in [-0.15, -0.1) is 11.8 Å². The average Bonchev–Trinajstić information content (AvgIpc) is 3.06. The van der Waals surface area contributed by atoms with Crippen LogP contribution in [0.3, 0.4) is 0 Å². The van der Waals surface area contributed by atoms with Crippen LogP contribution < -0.4 is 5.32 Å². The van der Waals surface area contributed by atoms with Crippen molar-refractivity contribution in [3.05, 3.63) is 0 Å². The van der Waals surface area contributed by atoms with Gasteiger partial charge in [0.15, 0.2) is 0 Å². The molecule has 1 aliphatic heterocycles. The zero-order valence-electron chi connectivity index (χ0n) is 19.9. The van der Waals surface area contributed by atoms with Crippen molar-refractivity contribution in [3.8, 4) is 0 Å². The van der Waals surface area contributed by atoms with E-state index in [1.54, 1.807) is 11.8 Å². The fraction of sp³-hybridized carbons (Fsp3) is 0.880. The predicted molar refractivity (Wildman–Crippen MR) is 142 cm³/mol. The third-order valence-electron chi connectivity index (χ3n) is 6.79. The molecule has 1 saturated heterocycles. The highest BCUT2D eigenvalue weighted by Gasteiger charge is 2.40. The van der Waals surface area contributed by atoms with Gasteiger partial charge in [-0.05, 0) is 61.0 Å². The molecule has 184 valence electrons. The number of thioether (sulfide) groups is 1. The van der Waals surface area contributed by atoms with E-state index in [0.29, 0.717) is 18.9 Å². The number of hydrogen-bond donors (Lipinski definition) is 1. The third kappa shape index (κ3) is 9.90. The van der Waals surface area contributed by atoms with Crippen molar-refractivity contribution in [2.75, 3.05) is 23.3 Å². The summed E-state index contributed by atoms with van der Waals surface area (Å²) >= 11 is 4.08. The minimum atomic E-state index is -0.173. The lowest BCUT2D eigenvalue weighted by molar-refractivity contribution is -0.139. The van der Waals surface area contributed by atoms with Crippen LogP contribution in [0, 0.1) is 11.8 Å². The number of carbonyl (C=O) groups excluding carboxylic acids is 3. The van der Waals surface area contributed by atoms with Gasteiger partial charge in [0.2, 0.25) is 17.7 Å². The Morgan fingerprint density at radius 1 is 1.00 bits per heavy atom. The van der Waals surface area contributed by atoms with Crippen LogP contribution in [-0.4, -0.2) is 51.1 Å². The van der Waals surface area contributed by atoms with Crippen LogP contribution in [0.4, 0.5) is 0 Å². The van der Waals surface area contributed by atoms with E-state index in [4.69, 9.17) is 0 Å². The zero-order chi connectivity index (χ0) is 23.2. The Balaban J connectivity index is 1.62. The summed E-state index contributed by atoms with van der Waals surface area (Å²) < 4.78 is 1.21. The first-order chi connectivity index (χ1) is 15.6. The van der Waals surface area contributed by atoms with E-state index in [1.807, 2.05) is 0 Å². The molecule has 2 aliphatic rings. The Hall–Kier alpha value is -0.310. The number of amides is 3. The number of halogens is 1. The van der Waals surface area contributed by atoms with Crippen molar-refractivity contribution in [1.29, 1.82) is 0 Å². The minimum absolute atomic E-state index is 0.000848. The number of hydrogen-bond acceptors (Lipinski definition) is 4. The second kappa shape index (κ2) is 16.3. The zero-order valence-corrected chi connectivity index (χ0v) is 22.9. The molecule has 7 heteroatoms. The summed E-state index contributed by atoms with van der Waals surface area (Å²) in [6, 6.07) is 0. The van der Waals surface area contributed by atoms with Gasteiger partial charge < -0.3 is 5.32 Å². The van der Waals surface area contributed by atoms with Gasteiger partial charge in [0, 0.05) is 25.4 Å². The van der Waals surface area contributed by atoms with E-state index in [-0.39, 0.29) is 28.9 Å². The van der Waals surface area contributed by atoms with Crippen LogP contribution in [0.1, 0.15) is 96.8 Å². The molecule has 1 N–H and O–H groups in total. The van der Waals surface area contributed by atoms with Crippen LogP contribution >= 0.6 is 34.4 Å². The molecule has 0 radical (unpaired) electrons. The van der Waals surface area contributed by atoms with E-state index in [0.717, 1.165) is 50.8 Å². The Morgan fingerprint density at radius 2 is 1.69 bits per heavy atom. The molecule has 1 aliphatic carbocycles. The molecule has 0 aromatic carbocycles. The molecular weight excluding hydrogens is 535 g/mol. The molecular formula is C25H43IN2O3S. The molecule has 1 saturated carbocycles. The first-order valence-corrected chi connectivity index (χ1v) is 15.4. The Bertz CT molecular complexity index is 582. The second-order valence-corrected chi connectivity index (χ2v) is 11.8. The van der Waals surface area contributed by atoms with Crippen LogP contribution in [0.25, 0.3) is 0 Å². The monoisotopic (exact) mass is 578 g/mol. The van der Waals surface area contributed by atoms with E-state index in [2.05, 4.69) is 34.8 Å². The fourth-order valence-electron chi connectivity index (χ4n) is 4.70. The molecule has 2 fully saturated rings. The lowest BCUT2D eigenvalue weighted by Gasteiger charge is -2.30. The largest absolute Gasteiger partial charge is 0.356 e. The average molecular weight is 579 g/mol. The van der Waals surface area contributed by atoms with Gasteiger partial charge in [-0.3, -0.25) is 19.3 Å². The van der Waals surface area contributed by atoms with Gasteiger partial charge in [0.25, 0.3) is 0 Å². The van der Waals surface area contributed by atoms with Gasteiger partial charge in [-0.1, -0.05) is 68.0 Å². The SMILES string of the molecule is CCCCCCCSC1CC(=O)N(CC2CCC(C(=O)NCCCCCCI)CC2)C1=O. The first-order valence-electron chi connectivity index (χ1n) is 12.9.